The van der Waals surface area contributed by atoms with Crippen molar-refractivity contribution >= 4 is 0 Å². The molecule has 1 heterocycles. The number of halogens is 3. The summed E-state index contributed by atoms with van der Waals surface area (Å²) in [5, 5.41) is 0. The van der Waals surface area contributed by atoms with Crippen molar-refractivity contribution in [3.8, 4) is 0 Å². The van der Waals surface area contributed by atoms with E-state index in [0.717, 1.165) is 5.56 Å². The minimum atomic E-state index is -4.17. The van der Waals surface area contributed by atoms with Crippen LogP contribution in [0.25, 0.3) is 0 Å². The monoisotopic (exact) mass is 247 g/mol. The average molecular weight is 247 g/mol. The summed E-state index contributed by atoms with van der Waals surface area (Å²) in [5.41, 5.74) is 6.91. The molecule has 0 amide bonds. The predicted molar refractivity (Wildman–Crippen MR) is 59.1 cm³/mol. The molecule has 0 aliphatic carbocycles. The molecule has 96 valence electrons. The normalized spacial score (nSPS) is 12.1. The maximum Gasteiger partial charge on any atom is 0.401 e. The molecule has 1 aromatic heterocycles. The molecule has 0 fully saturated rings. The fourth-order valence-electron chi connectivity index (χ4n) is 1.53. The van der Waals surface area contributed by atoms with Crippen LogP contribution in [0.1, 0.15) is 18.2 Å². The van der Waals surface area contributed by atoms with Crippen LogP contribution in [0.4, 0.5) is 13.2 Å². The van der Waals surface area contributed by atoms with Crippen LogP contribution in [-0.2, 0) is 13.1 Å². The first-order valence-corrected chi connectivity index (χ1v) is 5.37. The Morgan fingerprint density at radius 1 is 1.41 bits per heavy atom. The lowest BCUT2D eigenvalue weighted by Crippen LogP contribution is -2.33. The highest BCUT2D eigenvalue weighted by Crippen LogP contribution is 2.17. The van der Waals surface area contributed by atoms with Gasteiger partial charge in [0.05, 0.1) is 12.2 Å². The van der Waals surface area contributed by atoms with Gasteiger partial charge in [-0.25, -0.2) is 0 Å². The summed E-state index contributed by atoms with van der Waals surface area (Å²) in [6.07, 6.45) is -2.60. The number of rotatable bonds is 5. The molecule has 0 aromatic carbocycles. The molecule has 0 aliphatic rings. The fraction of sp³-hybridized carbons (Fsp3) is 0.545. The van der Waals surface area contributed by atoms with Gasteiger partial charge in [0.2, 0.25) is 0 Å². The van der Waals surface area contributed by atoms with Crippen molar-refractivity contribution in [2.45, 2.75) is 26.2 Å². The Kier molecular flexibility index (Phi) is 4.89. The van der Waals surface area contributed by atoms with E-state index in [1.165, 1.54) is 4.90 Å². The van der Waals surface area contributed by atoms with Crippen LogP contribution in [0.2, 0.25) is 0 Å². The number of aromatic nitrogens is 1. The van der Waals surface area contributed by atoms with Crippen molar-refractivity contribution in [1.29, 1.82) is 0 Å². The Labute approximate surface area is 98.4 Å². The first kappa shape index (κ1) is 13.9. The van der Waals surface area contributed by atoms with E-state index in [1.54, 1.807) is 25.3 Å². The average Bonchev–Trinajstić information content (AvgIpc) is 2.26. The van der Waals surface area contributed by atoms with E-state index >= 15 is 0 Å². The van der Waals surface area contributed by atoms with Gasteiger partial charge in [0.25, 0.3) is 0 Å². The van der Waals surface area contributed by atoms with Crippen molar-refractivity contribution < 1.29 is 13.2 Å². The quantitative estimate of drug-likeness (QED) is 0.864. The minimum absolute atomic E-state index is 0.255. The molecule has 0 atom stereocenters. The lowest BCUT2D eigenvalue weighted by atomic mass is 10.2. The highest BCUT2D eigenvalue weighted by Gasteiger charge is 2.29. The van der Waals surface area contributed by atoms with Crippen LogP contribution < -0.4 is 5.73 Å². The molecule has 6 heteroatoms. The van der Waals surface area contributed by atoms with Crippen molar-refractivity contribution in [2.24, 2.45) is 5.73 Å². The molecule has 0 radical (unpaired) electrons. The van der Waals surface area contributed by atoms with Crippen LogP contribution in [0.3, 0.4) is 0 Å². The maximum absolute atomic E-state index is 12.3. The van der Waals surface area contributed by atoms with E-state index in [0.29, 0.717) is 18.8 Å². The van der Waals surface area contributed by atoms with Gasteiger partial charge in [0.15, 0.2) is 0 Å². The van der Waals surface area contributed by atoms with Crippen LogP contribution in [-0.4, -0.2) is 29.1 Å². The number of nitrogens with zero attached hydrogens (tertiary/aromatic N) is 2. The molecule has 0 saturated heterocycles. The molecule has 17 heavy (non-hydrogen) atoms. The number of pyridine rings is 1. The van der Waals surface area contributed by atoms with Gasteiger partial charge in [0.1, 0.15) is 0 Å². The standard InChI is InChI=1S/C11H16F3N3/c1-2-17(8-11(12,13)14)7-9-3-4-16-10(5-9)6-15/h3-5H,2,6-8,15H2,1H3. The lowest BCUT2D eigenvalue weighted by molar-refractivity contribution is -0.146. The summed E-state index contributed by atoms with van der Waals surface area (Å²) < 4.78 is 36.8. The summed E-state index contributed by atoms with van der Waals surface area (Å²) in [6, 6.07) is 3.44. The van der Waals surface area contributed by atoms with Gasteiger partial charge in [-0.1, -0.05) is 6.92 Å². The second kappa shape index (κ2) is 5.97. The predicted octanol–water partition coefficient (Wildman–Crippen LogP) is 1.92. The van der Waals surface area contributed by atoms with Gasteiger partial charge in [-0.15, -0.1) is 0 Å². The van der Waals surface area contributed by atoms with E-state index in [1.807, 2.05) is 0 Å². The molecule has 1 aromatic rings. The Hall–Kier alpha value is -1.14. The van der Waals surface area contributed by atoms with Gasteiger partial charge >= 0.3 is 6.18 Å². The zero-order valence-corrected chi connectivity index (χ0v) is 9.67. The highest BCUT2D eigenvalue weighted by molar-refractivity contribution is 5.16. The van der Waals surface area contributed by atoms with Gasteiger partial charge < -0.3 is 5.73 Å². The largest absolute Gasteiger partial charge is 0.401 e. The van der Waals surface area contributed by atoms with Crippen LogP contribution in [0.5, 0.6) is 0 Å². The molecule has 2 N–H and O–H groups in total. The number of hydrogen-bond donors (Lipinski definition) is 1. The van der Waals surface area contributed by atoms with E-state index in [4.69, 9.17) is 5.73 Å². The Morgan fingerprint density at radius 3 is 2.65 bits per heavy atom. The molecule has 0 aliphatic heterocycles. The second-order valence-electron chi connectivity index (χ2n) is 3.78. The molecule has 3 nitrogen and oxygen atoms in total. The second-order valence-corrected chi connectivity index (χ2v) is 3.78. The van der Waals surface area contributed by atoms with E-state index in [2.05, 4.69) is 4.98 Å². The van der Waals surface area contributed by atoms with E-state index in [9.17, 15) is 13.2 Å². The van der Waals surface area contributed by atoms with Crippen molar-refractivity contribution in [3.63, 3.8) is 0 Å². The molecule has 1 rings (SSSR count). The third kappa shape index (κ3) is 5.14. The molecular weight excluding hydrogens is 231 g/mol. The van der Waals surface area contributed by atoms with Crippen LogP contribution in [0.15, 0.2) is 18.3 Å². The Morgan fingerprint density at radius 2 is 2.12 bits per heavy atom. The lowest BCUT2D eigenvalue weighted by Gasteiger charge is -2.22. The highest BCUT2D eigenvalue weighted by atomic mass is 19.4. The van der Waals surface area contributed by atoms with Gasteiger partial charge in [-0.2, -0.15) is 13.2 Å². The summed E-state index contributed by atoms with van der Waals surface area (Å²) in [5.74, 6) is 0. The molecule has 0 bridgehead atoms. The third-order valence-corrected chi connectivity index (χ3v) is 2.35. The first-order valence-electron chi connectivity index (χ1n) is 5.37. The number of alkyl halides is 3. The smallest absolute Gasteiger partial charge is 0.325 e. The maximum atomic E-state index is 12.3. The van der Waals surface area contributed by atoms with Crippen molar-refractivity contribution in [2.75, 3.05) is 13.1 Å². The summed E-state index contributed by atoms with van der Waals surface area (Å²) >= 11 is 0. The zero-order chi connectivity index (χ0) is 12.9. The molecule has 0 saturated carbocycles. The fourth-order valence-corrected chi connectivity index (χ4v) is 1.53. The molecule has 0 unspecified atom stereocenters. The Bertz CT molecular complexity index is 352. The van der Waals surface area contributed by atoms with Crippen molar-refractivity contribution in [1.82, 2.24) is 9.88 Å². The third-order valence-electron chi connectivity index (χ3n) is 2.35. The zero-order valence-electron chi connectivity index (χ0n) is 9.67. The molecular formula is C11H16F3N3. The summed E-state index contributed by atoms with van der Waals surface area (Å²) in [7, 11) is 0. The summed E-state index contributed by atoms with van der Waals surface area (Å²) in [4.78, 5) is 5.33. The van der Waals surface area contributed by atoms with Crippen LogP contribution in [0, 0.1) is 0 Å². The van der Waals surface area contributed by atoms with Crippen LogP contribution >= 0.6 is 0 Å². The first-order chi connectivity index (χ1) is 7.94. The number of nitrogens with two attached hydrogens (primary N) is 1. The minimum Gasteiger partial charge on any atom is -0.325 e. The summed E-state index contributed by atoms with van der Waals surface area (Å²) in [6.45, 7) is 1.70. The van der Waals surface area contributed by atoms with E-state index in [-0.39, 0.29) is 6.54 Å². The van der Waals surface area contributed by atoms with Gasteiger partial charge in [-0.3, -0.25) is 9.88 Å². The molecule has 0 spiro atoms. The van der Waals surface area contributed by atoms with Gasteiger partial charge in [-0.05, 0) is 24.2 Å². The van der Waals surface area contributed by atoms with Gasteiger partial charge in [0, 0.05) is 19.3 Å². The Balaban J connectivity index is 2.67. The number of hydrogen-bond acceptors (Lipinski definition) is 3. The van der Waals surface area contributed by atoms with E-state index < -0.39 is 12.7 Å². The van der Waals surface area contributed by atoms with Crippen molar-refractivity contribution in [3.05, 3.63) is 29.6 Å². The topological polar surface area (TPSA) is 42.2 Å². The SMILES string of the molecule is CCN(Cc1ccnc(CN)c1)CC(F)(F)F.